The minimum absolute atomic E-state index is 0.210. The Morgan fingerprint density at radius 3 is 2.29 bits per heavy atom. The van der Waals surface area contributed by atoms with E-state index in [1.165, 1.54) is 0 Å². The molecular weight excluding hydrogens is 262 g/mol. The molecule has 0 aromatic heterocycles. The fourth-order valence-corrected chi connectivity index (χ4v) is 2.44. The van der Waals surface area contributed by atoms with Crippen molar-refractivity contribution in [3.8, 4) is 0 Å². The Morgan fingerprint density at radius 1 is 1.10 bits per heavy atom. The molecule has 0 heterocycles. The first kappa shape index (κ1) is 15.1. The maximum Gasteiger partial charge on any atom is 0.316 e. The molecule has 0 amide bonds. The van der Waals surface area contributed by atoms with Crippen molar-refractivity contribution in [1.82, 2.24) is 0 Å². The van der Waals surface area contributed by atoms with E-state index >= 15 is 0 Å². The van der Waals surface area contributed by atoms with Crippen LogP contribution in [0.3, 0.4) is 0 Å². The summed E-state index contributed by atoms with van der Waals surface area (Å²) in [5, 5.41) is 0. The van der Waals surface area contributed by atoms with Gasteiger partial charge in [-0.3, -0.25) is 4.79 Å². The molecule has 3 heteroatoms. The molecule has 0 radical (unpaired) electrons. The first-order valence-corrected chi connectivity index (χ1v) is 7.13. The Morgan fingerprint density at radius 2 is 1.71 bits per heavy atom. The van der Waals surface area contributed by atoms with Crippen LogP contribution in [0, 0.1) is 0 Å². The van der Waals surface area contributed by atoms with Crippen molar-refractivity contribution in [2.24, 2.45) is 0 Å². The molecule has 2 N–H and O–H groups in total. The number of carbonyl (C=O) groups excluding carboxylic acids is 1. The smallest absolute Gasteiger partial charge is 0.316 e. The van der Waals surface area contributed by atoms with Gasteiger partial charge in [0, 0.05) is 5.69 Å². The lowest BCUT2D eigenvalue weighted by Crippen LogP contribution is -2.36. The second-order valence-corrected chi connectivity index (χ2v) is 5.34. The van der Waals surface area contributed by atoms with Crippen molar-refractivity contribution in [1.29, 1.82) is 0 Å². The van der Waals surface area contributed by atoms with Gasteiger partial charge in [-0.05, 0) is 43.5 Å². The normalized spacial score (nSPS) is 13.4. The van der Waals surface area contributed by atoms with Crippen LogP contribution in [0.1, 0.15) is 25.0 Å². The highest BCUT2D eigenvalue weighted by molar-refractivity contribution is 5.83. The van der Waals surface area contributed by atoms with E-state index in [0.717, 1.165) is 11.1 Å². The molecule has 0 spiro atoms. The largest absolute Gasteiger partial charge is 0.465 e. The highest BCUT2D eigenvalue weighted by Crippen LogP contribution is 2.30. The molecule has 2 aromatic rings. The lowest BCUT2D eigenvalue weighted by atomic mass is 9.77. The van der Waals surface area contributed by atoms with E-state index in [4.69, 9.17) is 10.5 Å². The van der Waals surface area contributed by atoms with Crippen LogP contribution in [0.5, 0.6) is 0 Å². The topological polar surface area (TPSA) is 52.3 Å². The van der Waals surface area contributed by atoms with Gasteiger partial charge in [0.25, 0.3) is 0 Å². The average Bonchev–Trinajstić information content (AvgIpc) is 2.49. The molecule has 0 aliphatic carbocycles. The van der Waals surface area contributed by atoms with Gasteiger partial charge in [-0.2, -0.15) is 0 Å². The lowest BCUT2D eigenvalue weighted by Gasteiger charge is -2.28. The maximum absolute atomic E-state index is 12.5. The maximum atomic E-state index is 12.5. The van der Waals surface area contributed by atoms with Gasteiger partial charge in [-0.1, -0.05) is 42.5 Å². The second kappa shape index (κ2) is 6.44. The zero-order valence-electron chi connectivity index (χ0n) is 12.5. The Bertz CT molecular complexity index is 592. The summed E-state index contributed by atoms with van der Waals surface area (Å²) in [4.78, 5) is 12.5. The average molecular weight is 283 g/mol. The Kier molecular flexibility index (Phi) is 4.63. The van der Waals surface area contributed by atoms with Gasteiger partial charge < -0.3 is 10.5 Å². The summed E-state index contributed by atoms with van der Waals surface area (Å²) in [6.45, 7) is 4.12. The fourth-order valence-electron chi connectivity index (χ4n) is 2.44. The Balaban J connectivity index is 2.38. The van der Waals surface area contributed by atoms with Gasteiger partial charge in [-0.15, -0.1) is 0 Å². The molecule has 3 nitrogen and oxygen atoms in total. The van der Waals surface area contributed by atoms with E-state index in [-0.39, 0.29) is 5.97 Å². The predicted molar refractivity (Wildman–Crippen MR) is 85.0 cm³/mol. The van der Waals surface area contributed by atoms with E-state index < -0.39 is 5.41 Å². The molecule has 1 unspecified atom stereocenters. The monoisotopic (exact) mass is 283 g/mol. The molecule has 0 saturated heterocycles. The van der Waals surface area contributed by atoms with Crippen molar-refractivity contribution in [2.45, 2.75) is 25.7 Å². The van der Waals surface area contributed by atoms with Gasteiger partial charge >= 0.3 is 5.97 Å². The molecule has 0 saturated carbocycles. The van der Waals surface area contributed by atoms with Crippen molar-refractivity contribution >= 4 is 11.7 Å². The van der Waals surface area contributed by atoms with Crippen molar-refractivity contribution in [3.63, 3.8) is 0 Å². The van der Waals surface area contributed by atoms with Crippen LogP contribution in [0.25, 0.3) is 0 Å². The van der Waals surface area contributed by atoms with E-state index in [1.807, 2.05) is 68.4 Å². The summed E-state index contributed by atoms with van der Waals surface area (Å²) in [5.74, 6) is -0.210. The van der Waals surface area contributed by atoms with Crippen LogP contribution in [0.15, 0.2) is 54.6 Å². The molecule has 2 aromatic carbocycles. The van der Waals surface area contributed by atoms with Crippen LogP contribution >= 0.6 is 0 Å². The van der Waals surface area contributed by atoms with Crippen LogP contribution in [0.4, 0.5) is 5.69 Å². The molecule has 1 atom stereocenters. The standard InChI is InChI=1S/C18H21NO2/c1-3-21-17(20)18(2,13-14-7-5-4-6-8-14)15-9-11-16(19)12-10-15/h4-12H,3,13,19H2,1-2H3. The Hall–Kier alpha value is -2.29. The molecule has 21 heavy (non-hydrogen) atoms. The fraction of sp³-hybridized carbons (Fsp3) is 0.278. The summed E-state index contributed by atoms with van der Waals surface area (Å²) >= 11 is 0. The van der Waals surface area contributed by atoms with Gasteiger partial charge in [0.05, 0.1) is 12.0 Å². The highest BCUT2D eigenvalue weighted by Gasteiger charge is 2.36. The number of hydrogen-bond donors (Lipinski definition) is 1. The minimum atomic E-state index is -0.717. The summed E-state index contributed by atoms with van der Waals surface area (Å²) in [6.07, 6.45) is 0.594. The van der Waals surface area contributed by atoms with Gasteiger partial charge in [0.2, 0.25) is 0 Å². The van der Waals surface area contributed by atoms with Crippen molar-refractivity contribution < 1.29 is 9.53 Å². The van der Waals surface area contributed by atoms with E-state index in [9.17, 15) is 4.79 Å². The number of anilines is 1. The van der Waals surface area contributed by atoms with E-state index in [0.29, 0.717) is 18.7 Å². The molecule has 0 aliphatic heterocycles. The first-order valence-electron chi connectivity index (χ1n) is 7.13. The number of benzene rings is 2. The quantitative estimate of drug-likeness (QED) is 0.676. The summed E-state index contributed by atoms with van der Waals surface area (Å²) in [6, 6.07) is 17.4. The minimum Gasteiger partial charge on any atom is -0.465 e. The van der Waals surface area contributed by atoms with Crippen molar-refractivity contribution in [2.75, 3.05) is 12.3 Å². The Labute approximate surface area is 125 Å². The number of nitrogens with two attached hydrogens (primary N) is 1. The molecule has 0 fully saturated rings. The number of hydrogen-bond acceptors (Lipinski definition) is 3. The van der Waals surface area contributed by atoms with Gasteiger partial charge in [0.1, 0.15) is 0 Å². The zero-order chi connectivity index (χ0) is 15.3. The summed E-state index contributed by atoms with van der Waals surface area (Å²) in [5.41, 5.74) is 7.73. The van der Waals surface area contributed by atoms with Crippen LogP contribution in [0.2, 0.25) is 0 Å². The molecule has 2 rings (SSSR count). The van der Waals surface area contributed by atoms with Crippen LogP contribution in [-0.2, 0) is 21.4 Å². The third-order valence-corrected chi connectivity index (χ3v) is 3.67. The zero-order valence-corrected chi connectivity index (χ0v) is 12.5. The molecule has 0 bridgehead atoms. The SMILES string of the molecule is CCOC(=O)C(C)(Cc1ccccc1)c1ccc(N)cc1. The third kappa shape index (κ3) is 3.43. The summed E-state index contributed by atoms with van der Waals surface area (Å²) < 4.78 is 5.29. The van der Waals surface area contributed by atoms with Gasteiger partial charge in [-0.25, -0.2) is 0 Å². The van der Waals surface area contributed by atoms with Crippen LogP contribution < -0.4 is 5.73 Å². The van der Waals surface area contributed by atoms with E-state index in [2.05, 4.69) is 0 Å². The number of esters is 1. The van der Waals surface area contributed by atoms with E-state index in [1.54, 1.807) is 0 Å². The second-order valence-electron chi connectivity index (χ2n) is 5.34. The third-order valence-electron chi connectivity index (χ3n) is 3.67. The van der Waals surface area contributed by atoms with Crippen molar-refractivity contribution in [3.05, 3.63) is 65.7 Å². The number of ether oxygens (including phenoxy) is 1. The number of carbonyl (C=O) groups is 1. The van der Waals surface area contributed by atoms with Gasteiger partial charge in [0.15, 0.2) is 0 Å². The van der Waals surface area contributed by atoms with Crippen LogP contribution in [-0.4, -0.2) is 12.6 Å². The molecule has 0 aliphatic rings. The predicted octanol–water partition coefficient (Wildman–Crippen LogP) is 3.33. The highest BCUT2D eigenvalue weighted by atomic mass is 16.5. The summed E-state index contributed by atoms with van der Waals surface area (Å²) in [7, 11) is 0. The molecule has 110 valence electrons. The lowest BCUT2D eigenvalue weighted by molar-refractivity contribution is -0.149. The molecular formula is C18H21NO2. The first-order chi connectivity index (χ1) is 10.1. The number of rotatable bonds is 5. The number of nitrogen functional groups attached to an aromatic ring is 1.